The summed E-state index contributed by atoms with van der Waals surface area (Å²) in [4.78, 5) is 14.8. The van der Waals surface area contributed by atoms with Crippen LogP contribution in [-0.2, 0) is 10.0 Å². The second kappa shape index (κ2) is 7.43. The second-order valence-electron chi connectivity index (χ2n) is 7.13. The molecule has 2 N–H and O–H groups in total. The lowest BCUT2D eigenvalue weighted by Crippen LogP contribution is -2.39. The summed E-state index contributed by atoms with van der Waals surface area (Å²) in [6.07, 6.45) is 4.02. The largest absolute Gasteiger partial charge is 0.337 e. The number of hydrogen-bond acceptors (Lipinski definition) is 4. The van der Waals surface area contributed by atoms with E-state index >= 15 is 0 Å². The van der Waals surface area contributed by atoms with Crippen molar-refractivity contribution in [1.29, 1.82) is 0 Å². The Balaban J connectivity index is 1.70. The van der Waals surface area contributed by atoms with Gasteiger partial charge in [-0.1, -0.05) is 6.92 Å². The van der Waals surface area contributed by atoms with E-state index in [4.69, 9.17) is 0 Å². The van der Waals surface area contributed by atoms with E-state index in [1.165, 1.54) is 18.6 Å². The van der Waals surface area contributed by atoms with Crippen LogP contribution in [0, 0.1) is 0 Å². The molecule has 3 atom stereocenters. The number of fused-ring (bicyclic) bond motifs is 2. The molecule has 2 fully saturated rings. The highest BCUT2D eigenvalue weighted by molar-refractivity contribution is 7.89. The summed E-state index contributed by atoms with van der Waals surface area (Å²) in [5.74, 6) is -0.0202. The van der Waals surface area contributed by atoms with Gasteiger partial charge in [0.25, 0.3) is 5.91 Å². The predicted octanol–water partition coefficient (Wildman–Crippen LogP) is 1.73. The van der Waals surface area contributed by atoms with Crippen LogP contribution in [0.2, 0.25) is 0 Å². The van der Waals surface area contributed by atoms with E-state index < -0.39 is 10.0 Å². The lowest BCUT2D eigenvalue weighted by atomic mass is 10.1. The minimum Gasteiger partial charge on any atom is -0.337 e. The third kappa shape index (κ3) is 4.22. The molecule has 1 amide bonds. The minimum absolute atomic E-state index is 0.0202. The van der Waals surface area contributed by atoms with Gasteiger partial charge in [0, 0.05) is 36.8 Å². The van der Waals surface area contributed by atoms with Gasteiger partial charge >= 0.3 is 0 Å². The first-order chi connectivity index (χ1) is 11.9. The van der Waals surface area contributed by atoms with E-state index in [1.54, 1.807) is 12.1 Å². The van der Waals surface area contributed by atoms with Gasteiger partial charge in [0.1, 0.15) is 0 Å². The molecule has 6 nitrogen and oxygen atoms in total. The van der Waals surface area contributed by atoms with Gasteiger partial charge in [0.05, 0.1) is 4.90 Å². The van der Waals surface area contributed by atoms with E-state index in [2.05, 4.69) is 10.0 Å². The molecule has 2 bridgehead atoms. The zero-order chi connectivity index (χ0) is 18.0. The third-order valence-electron chi connectivity index (χ3n) is 5.19. The van der Waals surface area contributed by atoms with Crippen molar-refractivity contribution in [2.45, 2.75) is 62.6 Å². The maximum atomic E-state index is 12.7. The highest BCUT2D eigenvalue weighted by Crippen LogP contribution is 2.22. The van der Waals surface area contributed by atoms with Crippen molar-refractivity contribution in [2.24, 2.45) is 0 Å². The lowest BCUT2D eigenvalue weighted by Gasteiger charge is -2.24. The molecule has 3 unspecified atom stereocenters. The van der Waals surface area contributed by atoms with Crippen LogP contribution in [-0.4, -0.2) is 50.4 Å². The Hall–Kier alpha value is -1.44. The van der Waals surface area contributed by atoms with E-state index in [-0.39, 0.29) is 16.8 Å². The molecule has 0 aliphatic carbocycles. The fourth-order valence-corrected chi connectivity index (χ4v) is 4.83. The van der Waals surface area contributed by atoms with Gasteiger partial charge < -0.3 is 10.2 Å². The molecule has 2 heterocycles. The van der Waals surface area contributed by atoms with Crippen molar-refractivity contribution < 1.29 is 13.2 Å². The predicted molar refractivity (Wildman–Crippen MR) is 97.0 cm³/mol. The number of carbonyl (C=O) groups is 1. The first-order valence-corrected chi connectivity index (χ1v) is 10.5. The molecule has 25 heavy (non-hydrogen) atoms. The van der Waals surface area contributed by atoms with Gasteiger partial charge in [-0.25, -0.2) is 13.1 Å². The molecule has 0 aromatic heterocycles. The minimum atomic E-state index is -3.54. The number of likely N-dealkylation sites (tertiary alicyclic amines) is 1. The summed E-state index contributed by atoms with van der Waals surface area (Å²) < 4.78 is 27.2. The van der Waals surface area contributed by atoms with Crippen LogP contribution in [0.3, 0.4) is 0 Å². The van der Waals surface area contributed by atoms with Gasteiger partial charge in [-0.3, -0.25) is 4.79 Å². The maximum absolute atomic E-state index is 12.7. The molecule has 2 aliphatic heterocycles. The third-order valence-corrected chi connectivity index (χ3v) is 6.80. The van der Waals surface area contributed by atoms with Gasteiger partial charge in [-0.15, -0.1) is 0 Å². The Morgan fingerprint density at radius 1 is 1.24 bits per heavy atom. The fourth-order valence-electron chi connectivity index (χ4n) is 3.50. The molecule has 138 valence electrons. The second-order valence-corrected chi connectivity index (χ2v) is 8.85. The quantitative estimate of drug-likeness (QED) is 0.833. The van der Waals surface area contributed by atoms with Gasteiger partial charge in [-0.2, -0.15) is 0 Å². The first-order valence-electron chi connectivity index (χ1n) is 9.06. The lowest BCUT2D eigenvalue weighted by molar-refractivity contribution is 0.0748. The van der Waals surface area contributed by atoms with Crippen LogP contribution >= 0.6 is 0 Å². The van der Waals surface area contributed by atoms with E-state index in [0.717, 1.165) is 32.4 Å². The highest BCUT2D eigenvalue weighted by Gasteiger charge is 2.31. The van der Waals surface area contributed by atoms with Crippen molar-refractivity contribution in [3.05, 3.63) is 29.8 Å². The maximum Gasteiger partial charge on any atom is 0.253 e. The fraction of sp³-hybridized carbons (Fsp3) is 0.611. The molecule has 1 aromatic rings. The Kier molecular flexibility index (Phi) is 5.46. The first kappa shape index (κ1) is 18.4. The smallest absolute Gasteiger partial charge is 0.253 e. The van der Waals surface area contributed by atoms with Crippen molar-refractivity contribution in [3.63, 3.8) is 0 Å². The molecular weight excluding hydrogens is 338 g/mol. The van der Waals surface area contributed by atoms with E-state index in [0.29, 0.717) is 17.6 Å². The summed E-state index contributed by atoms with van der Waals surface area (Å²) in [7, 11) is -3.54. The molecule has 1 aromatic carbocycles. The molecule has 3 rings (SSSR count). The van der Waals surface area contributed by atoms with Gasteiger partial charge in [0.15, 0.2) is 0 Å². The molecule has 0 saturated carbocycles. The summed E-state index contributed by atoms with van der Waals surface area (Å²) in [5, 5.41) is 3.56. The molecule has 7 heteroatoms. The Labute approximate surface area is 150 Å². The molecular formula is C18H27N3O3S. The number of benzene rings is 1. The zero-order valence-corrected chi connectivity index (χ0v) is 15.7. The summed E-state index contributed by atoms with van der Waals surface area (Å²) in [5.41, 5.74) is 0.542. The average molecular weight is 365 g/mol. The van der Waals surface area contributed by atoms with Crippen molar-refractivity contribution >= 4 is 15.9 Å². The summed E-state index contributed by atoms with van der Waals surface area (Å²) >= 11 is 0. The van der Waals surface area contributed by atoms with Crippen molar-refractivity contribution in [2.75, 3.05) is 13.1 Å². The molecule has 2 saturated heterocycles. The number of nitrogens with zero attached hydrogens (tertiary/aromatic N) is 1. The van der Waals surface area contributed by atoms with Crippen LogP contribution in [0.15, 0.2) is 29.2 Å². The number of nitrogens with one attached hydrogen (secondary N) is 2. The topological polar surface area (TPSA) is 78.5 Å². The van der Waals surface area contributed by atoms with Crippen molar-refractivity contribution in [1.82, 2.24) is 14.9 Å². The van der Waals surface area contributed by atoms with Crippen molar-refractivity contribution in [3.8, 4) is 0 Å². The van der Waals surface area contributed by atoms with Crippen LogP contribution in [0.1, 0.15) is 49.9 Å². The Bertz CT molecular complexity index is 718. The normalized spacial score (nSPS) is 24.8. The summed E-state index contributed by atoms with van der Waals surface area (Å²) in [6, 6.07) is 7.05. The van der Waals surface area contributed by atoms with Gasteiger partial charge in [-0.05, 0) is 56.9 Å². The monoisotopic (exact) mass is 365 g/mol. The standard InChI is InChI=1S/C18H27N3O3S/c1-3-13(2)20-25(23,24)17-8-4-14(5-9-17)18(22)21-11-10-15-6-7-16(12-21)19-15/h4-5,8-9,13,15-16,19-20H,3,6-7,10-12H2,1-2H3. The average Bonchev–Trinajstić information content (AvgIpc) is 2.93. The Morgan fingerprint density at radius 3 is 2.60 bits per heavy atom. The molecule has 0 radical (unpaired) electrons. The van der Waals surface area contributed by atoms with Crippen LogP contribution < -0.4 is 10.0 Å². The Morgan fingerprint density at radius 2 is 1.92 bits per heavy atom. The number of hydrogen-bond donors (Lipinski definition) is 2. The number of sulfonamides is 1. The molecule has 2 aliphatic rings. The van der Waals surface area contributed by atoms with Crippen LogP contribution in [0.25, 0.3) is 0 Å². The van der Waals surface area contributed by atoms with Crippen LogP contribution in [0.4, 0.5) is 0 Å². The number of amides is 1. The number of rotatable bonds is 5. The zero-order valence-electron chi connectivity index (χ0n) is 14.9. The van der Waals surface area contributed by atoms with E-state index in [9.17, 15) is 13.2 Å². The van der Waals surface area contributed by atoms with E-state index in [1.807, 2.05) is 18.7 Å². The van der Waals surface area contributed by atoms with Crippen LogP contribution in [0.5, 0.6) is 0 Å². The van der Waals surface area contributed by atoms with Gasteiger partial charge in [0.2, 0.25) is 10.0 Å². The molecule has 0 spiro atoms. The highest BCUT2D eigenvalue weighted by atomic mass is 32.2. The summed E-state index contributed by atoms with van der Waals surface area (Å²) in [6.45, 7) is 5.24. The number of carbonyl (C=O) groups excluding carboxylic acids is 1. The SMILES string of the molecule is CCC(C)NS(=O)(=O)c1ccc(C(=O)N2CCC3CCC(C2)N3)cc1.